The fourth-order valence-corrected chi connectivity index (χ4v) is 3.55. The number of fused-ring (bicyclic) bond motifs is 1. The summed E-state index contributed by atoms with van der Waals surface area (Å²) in [5.41, 5.74) is 4.02. The first-order chi connectivity index (χ1) is 13.0. The highest BCUT2D eigenvalue weighted by atomic mass is 32.1. The molecule has 2 aromatic carbocycles. The lowest BCUT2D eigenvalue weighted by molar-refractivity contribution is -0.113. The number of benzene rings is 2. The molecular weight excluding hydrogens is 364 g/mol. The zero-order valence-corrected chi connectivity index (χ0v) is 16.0. The van der Waals surface area contributed by atoms with Gasteiger partial charge in [0, 0.05) is 0 Å². The van der Waals surface area contributed by atoms with Gasteiger partial charge in [0.25, 0.3) is 5.91 Å². The first-order valence-electron chi connectivity index (χ1n) is 8.39. The summed E-state index contributed by atoms with van der Waals surface area (Å²) in [7, 11) is 1.56. The Balaban J connectivity index is 1.70. The molecule has 1 fully saturated rings. The SMILES string of the molecule is COc1cc(/C=C2\NC(=S)N(c3cc(C)cc(C)c3)C2=O)cc2c1OCO2. The van der Waals surface area contributed by atoms with Gasteiger partial charge in [0.15, 0.2) is 16.6 Å². The molecule has 138 valence electrons. The molecule has 27 heavy (non-hydrogen) atoms. The Labute approximate surface area is 162 Å². The number of nitrogens with one attached hydrogen (secondary N) is 1. The molecule has 2 aliphatic rings. The summed E-state index contributed by atoms with van der Waals surface area (Å²) in [4.78, 5) is 14.5. The van der Waals surface area contributed by atoms with Crippen LogP contribution >= 0.6 is 12.2 Å². The fourth-order valence-electron chi connectivity index (χ4n) is 3.25. The number of nitrogens with zero attached hydrogens (tertiary/aromatic N) is 1. The number of methoxy groups -OCH3 is 1. The molecule has 0 spiro atoms. The van der Waals surface area contributed by atoms with E-state index < -0.39 is 0 Å². The van der Waals surface area contributed by atoms with E-state index in [1.165, 1.54) is 4.90 Å². The van der Waals surface area contributed by atoms with Gasteiger partial charge in [0.05, 0.1) is 12.8 Å². The van der Waals surface area contributed by atoms with Gasteiger partial charge in [-0.3, -0.25) is 9.69 Å². The van der Waals surface area contributed by atoms with Crippen LogP contribution in [0.25, 0.3) is 6.08 Å². The molecule has 2 heterocycles. The molecule has 0 saturated carbocycles. The Morgan fingerprint density at radius 2 is 1.89 bits per heavy atom. The minimum atomic E-state index is -0.207. The number of ether oxygens (including phenoxy) is 3. The normalized spacial score (nSPS) is 16.9. The molecule has 6 nitrogen and oxygen atoms in total. The molecule has 1 saturated heterocycles. The van der Waals surface area contributed by atoms with Crippen LogP contribution in [0.3, 0.4) is 0 Å². The van der Waals surface area contributed by atoms with Crippen LogP contribution in [0, 0.1) is 13.8 Å². The number of carbonyl (C=O) groups excluding carboxylic acids is 1. The molecule has 0 aliphatic carbocycles. The van der Waals surface area contributed by atoms with Crippen molar-refractivity contribution in [3.05, 3.63) is 52.7 Å². The minimum Gasteiger partial charge on any atom is -0.493 e. The molecule has 1 amide bonds. The Morgan fingerprint density at radius 1 is 1.15 bits per heavy atom. The third kappa shape index (κ3) is 3.10. The highest BCUT2D eigenvalue weighted by Gasteiger charge is 2.32. The predicted octanol–water partition coefficient (Wildman–Crippen LogP) is 3.30. The molecule has 0 aromatic heterocycles. The average Bonchev–Trinajstić information content (AvgIpc) is 3.18. The zero-order valence-electron chi connectivity index (χ0n) is 15.2. The maximum absolute atomic E-state index is 13.0. The predicted molar refractivity (Wildman–Crippen MR) is 106 cm³/mol. The van der Waals surface area contributed by atoms with Gasteiger partial charge in [-0.2, -0.15) is 0 Å². The van der Waals surface area contributed by atoms with Gasteiger partial charge in [0.1, 0.15) is 5.70 Å². The molecular formula is C20H18N2O4S. The topological polar surface area (TPSA) is 60.0 Å². The van der Waals surface area contributed by atoms with Crippen molar-refractivity contribution in [1.29, 1.82) is 0 Å². The number of hydrogen-bond acceptors (Lipinski definition) is 5. The number of anilines is 1. The maximum atomic E-state index is 13.0. The van der Waals surface area contributed by atoms with E-state index in [0.29, 0.717) is 28.1 Å². The number of rotatable bonds is 3. The van der Waals surface area contributed by atoms with E-state index in [2.05, 4.69) is 11.4 Å². The number of carbonyl (C=O) groups is 1. The van der Waals surface area contributed by atoms with Crippen LogP contribution in [0.4, 0.5) is 5.69 Å². The van der Waals surface area contributed by atoms with Gasteiger partial charge in [-0.15, -0.1) is 0 Å². The summed E-state index contributed by atoms with van der Waals surface area (Å²) in [6, 6.07) is 9.51. The molecule has 0 radical (unpaired) electrons. The van der Waals surface area contributed by atoms with E-state index in [0.717, 1.165) is 22.4 Å². The first-order valence-corrected chi connectivity index (χ1v) is 8.80. The van der Waals surface area contributed by atoms with Crippen molar-refractivity contribution in [3.8, 4) is 17.2 Å². The Bertz CT molecular complexity index is 979. The number of aryl methyl sites for hydroxylation is 2. The van der Waals surface area contributed by atoms with E-state index in [1.54, 1.807) is 25.3 Å². The van der Waals surface area contributed by atoms with Crippen molar-refractivity contribution in [3.63, 3.8) is 0 Å². The van der Waals surface area contributed by atoms with Gasteiger partial charge in [-0.05, 0) is 73.1 Å². The zero-order chi connectivity index (χ0) is 19.1. The highest BCUT2D eigenvalue weighted by Crippen LogP contribution is 2.42. The lowest BCUT2D eigenvalue weighted by Gasteiger charge is -2.15. The van der Waals surface area contributed by atoms with E-state index in [-0.39, 0.29) is 12.7 Å². The molecule has 0 bridgehead atoms. The van der Waals surface area contributed by atoms with E-state index in [1.807, 2.05) is 26.0 Å². The summed E-state index contributed by atoms with van der Waals surface area (Å²) in [5, 5.41) is 3.35. The first kappa shape index (κ1) is 17.4. The van der Waals surface area contributed by atoms with Crippen LogP contribution < -0.4 is 24.4 Å². The molecule has 7 heteroatoms. The summed E-state index contributed by atoms with van der Waals surface area (Å²) >= 11 is 5.39. The molecule has 2 aliphatic heterocycles. The van der Waals surface area contributed by atoms with Crippen molar-refractivity contribution in [2.24, 2.45) is 0 Å². The second-order valence-corrected chi connectivity index (χ2v) is 6.82. The van der Waals surface area contributed by atoms with Crippen molar-refractivity contribution in [1.82, 2.24) is 5.32 Å². The lowest BCUT2D eigenvalue weighted by atomic mass is 10.1. The van der Waals surface area contributed by atoms with Crippen LogP contribution in [0.5, 0.6) is 17.2 Å². The van der Waals surface area contributed by atoms with Crippen molar-refractivity contribution >= 4 is 35.0 Å². The number of amides is 1. The molecule has 0 atom stereocenters. The number of thiocarbonyl (C=S) groups is 1. The van der Waals surface area contributed by atoms with E-state index >= 15 is 0 Å². The van der Waals surface area contributed by atoms with Crippen molar-refractivity contribution in [2.75, 3.05) is 18.8 Å². The van der Waals surface area contributed by atoms with Gasteiger partial charge in [-0.25, -0.2) is 0 Å². The second kappa shape index (κ2) is 6.59. The van der Waals surface area contributed by atoms with Crippen LogP contribution in [0.2, 0.25) is 0 Å². The summed E-state index contributed by atoms with van der Waals surface area (Å²) < 4.78 is 16.2. The van der Waals surface area contributed by atoms with Gasteiger partial charge >= 0.3 is 0 Å². The smallest absolute Gasteiger partial charge is 0.281 e. The monoisotopic (exact) mass is 382 g/mol. The molecule has 0 unspecified atom stereocenters. The van der Waals surface area contributed by atoms with Crippen molar-refractivity contribution < 1.29 is 19.0 Å². The second-order valence-electron chi connectivity index (χ2n) is 6.43. The third-order valence-electron chi connectivity index (χ3n) is 4.33. The standard InChI is InChI=1S/C20H18N2O4S/c1-11-4-12(2)6-14(5-11)22-19(23)15(21-20(22)27)7-13-8-16(24-3)18-17(9-13)25-10-26-18/h4-9H,10H2,1-3H3,(H,21,27)/b15-7-. The summed E-state index contributed by atoms with van der Waals surface area (Å²) in [6.45, 7) is 4.12. The van der Waals surface area contributed by atoms with E-state index in [4.69, 9.17) is 26.4 Å². The lowest BCUT2D eigenvalue weighted by Crippen LogP contribution is -2.30. The van der Waals surface area contributed by atoms with Crippen LogP contribution in [0.1, 0.15) is 16.7 Å². The molecule has 2 aromatic rings. The van der Waals surface area contributed by atoms with Crippen LogP contribution in [-0.2, 0) is 4.79 Å². The maximum Gasteiger partial charge on any atom is 0.281 e. The molecule has 4 rings (SSSR count). The van der Waals surface area contributed by atoms with Crippen LogP contribution in [0.15, 0.2) is 36.0 Å². The average molecular weight is 382 g/mol. The fraction of sp³-hybridized carbons (Fsp3) is 0.200. The summed E-state index contributed by atoms with van der Waals surface area (Å²) in [6.07, 6.45) is 1.72. The van der Waals surface area contributed by atoms with Crippen molar-refractivity contribution in [2.45, 2.75) is 13.8 Å². The van der Waals surface area contributed by atoms with Crippen LogP contribution in [-0.4, -0.2) is 24.9 Å². The van der Waals surface area contributed by atoms with E-state index in [9.17, 15) is 4.79 Å². The number of hydrogen-bond donors (Lipinski definition) is 1. The quantitative estimate of drug-likeness (QED) is 0.649. The Hall–Kier alpha value is -3.06. The Morgan fingerprint density at radius 3 is 2.59 bits per heavy atom. The van der Waals surface area contributed by atoms with Gasteiger partial charge in [-0.1, -0.05) is 6.07 Å². The highest BCUT2D eigenvalue weighted by molar-refractivity contribution is 7.80. The van der Waals surface area contributed by atoms with Gasteiger partial charge in [0.2, 0.25) is 12.5 Å². The largest absolute Gasteiger partial charge is 0.493 e. The molecule has 1 N–H and O–H groups in total. The third-order valence-corrected chi connectivity index (χ3v) is 4.62. The van der Waals surface area contributed by atoms with Gasteiger partial charge < -0.3 is 19.5 Å². The minimum absolute atomic E-state index is 0.146. The Kier molecular flexibility index (Phi) is 4.24. The summed E-state index contributed by atoms with van der Waals surface area (Å²) in [5.74, 6) is 1.50.